The van der Waals surface area contributed by atoms with Crippen LogP contribution in [0.15, 0.2) is 64.2 Å². The fourth-order valence-corrected chi connectivity index (χ4v) is 3.12. The van der Waals surface area contributed by atoms with E-state index in [9.17, 15) is 19.2 Å². The van der Waals surface area contributed by atoms with Crippen LogP contribution in [0.5, 0.6) is 0 Å². The molecule has 160 valence electrons. The molecule has 9 heteroatoms. The van der Waals surface area contributed by atoms with Gasteiger partial charge in [0, 0.05) is 19.8 Å². The first-order valence-corrected chi connectivity index (χ1v) is 9.45. The van der Waals surface area contributed by atoms with Crippen LogP contribution in [0.1, 0.15) is 26.3 Å². The number of rotatable bonds is 7. The second-order valence-electron chi connectivity index (χ2n) is 6.77. The zero-order chi connectivity index (χ0) is 22.5. The minimum atomic E-state index is -0.844. The summed E-state index contributed by atoms with van der Waals surface area (Å²) in [7, 11) is 2.91. The summed E-state index contributed by atoms with van der Waals surface area (Å²) in [6.45, 7) is -0.616. The van der Waals surface area contributed by atoms with Gasteiger partial charge in [0.25, 0.3) is 5.56 Å². The third-order valence-electron chi connectivity index (χ3n) is 4.80. The van der Waals surface area contributed by atoms with Crippen molar-refractivity contribution in [1.29, 1.82) is 0 Å². The molecule has 2 aromatic carbocycles. The van der Waals surface area contributed by atoms with E-state index >= 15 is 0 Å². The number of carbonyl (C=O) groups excluding carboxylic acids is 2. The molecule has 0 fully saturated rings. The second-order valence-corrected chi connectivity index (χ2v) is 6.77. The van der Waals surface area contributed by atoms with Crippen LogP contribution in [0.3, 0.4) is 0 Å². The number of Topliss-reactive ketones (excluding diaryl/α,β-unsaturated/α-hetero) is 1. The number of anilines is 2. The first-order chi connectivity index (χ1) is 14.8. The van der Waals surface area contributed by atoms with Crippen molar-refractivity contribution in [3.63, 3.8) is 0 Å². The molecule has 0 radical (unpaired) electrons. The highest BCUT2D eigenvalue weighted by molar-refractivity contribution is 6.03. The van der Waals surface area contributed by atoms with Gasteiger partial charge >= 0.3 is 11.7 Å². The van der Waals surface area contributed by atoms with Crippen LogP contribution < -0.4 is 22.3 Å². The Morgan fingerprint density at radius 3 is 2.35 bits per heavy atom. The number of ether oxygens (including phenoxy) is 1. The van der Waals surface area contributed by atoms with Crippen LogP contribution in [0.4, 0.5) is 11.5 Å². The summed E-state index contributed by atoms with van der Waals surface area (Å²) in [4.78, 5) is 50.2. The third-order valence-corrected chi connectivity index (χ3v) is 4.80. The fourth-order valence-electron chi connectivity index (χ4n) is 3.12. The van der Waals surface area contributed by atoms with Gasteiger partial charge in [-0.05, 0) is 17.7 Å². The van der Waals surface area contributed by atoms with Crippen LogP contribution in [0.2, 0.25) is 0 Å². The minimum absolute atomic E-state index is 0.0786. The smallest absolute Gasteiger partial charge is 0.340 e. The Labute approximate surface area is 177 Å². The molecule has 3 N–H and O–H groups in total. The fraction of sp³-hybridized carbons (Fsp3) is 0.182. The molecule has 1 aromatic heterocycles. The molecule has 0 bridgehead atoms. The molecular weight excluding hydrogens is 400 g/mol. The number of benzene rings is 2. The third kappa shape index (κ3) is 4.40. The molecule has 1 heterocycles. The second kappa shape index (κ2) is 9.12. The number of carbonyl (C=O) groups is 2. The van der Waals surface area contributed by atoms with Crippen LogP contribution in [0.25, 0.3) is 0 Å². The van der Waals surface area contributed by atoms with Gasteiger partial charge in [0.1, 0.15) is 11.4 Å². The molecule has 0 amide bonds. The lowest BCUT2D eigenvalue weighted by Gasteiger charge is -2.15. The van der Waals surface area contributed by atoms with Gasteiger partial charge in [-0.2, -0.15) is 0 Å². The Morgan fingerprint density at radius 2 is 1.68 bits per heavy atom. The molecule has 3 aromatic rings. The Balaban J connectivity index is 1.89. The standard InChI is InChI=1S/C22H22N4O5/c1-24-16-11-7-6-10-15(16)21(29)31-13-17(27)18-19(23)26(22(30)25(2)20(18)28)12-14-8-4-3-5-9-14/h3-11,24H,12-13,23H2,1-2H3. The van der Waals surface area contributed by atoms with Crippen molar-refractivity contribution < 1.29 is 14.3 Å². The highest BCUT2D eigenvalue weighted by atomic mass is 16.5. The normalized spacial score (nSPS) is 10.5. The number of para-hydroxylation sites is 1. The van der Waals surface area contributed by atoms with E-state index < -0.39 is 35.2 Å². The van der Waals surface area contributed by atoms with Gasteiger partial charge in [-0.15, -0.1) is 0 Å². The molecule has 0 atom stereocenters. The highest BCUT2D eigenvalue weighted by Crippen LogP contribution is 2.16. The topological polar surface area (TPSA) is 125 Å². The van der Waals surface area contributed by atoms with E-state index in [1.165, 1.54) is 7.05 Å². The van der Waals surface area contributed by atoms with Crippen molar-refractivity contribution in [2.45, 2.75) is 6.54 Å². The summed E-state index contributed by atoms with van der Waals surface area (Å²) in [6, 6.07) is 15.6. The zero-order valence-electron chi connectivity index (χ0n) is 17.1. The summed E-state index contributed by atoms with van der Waals surface area (Å²) in [5.74, 6) is -1.80. The van der Waals surface area contributed by atoms with E-state index in [-0.39, 0.29) is 17.9 Å². The predicted octanol–water partition coefficient (Wildman–Crippen LogP) is 1.26. The average Bonchev–Trinajstić information content (AvgIpc) is 2.79. The maximum Gasteiger partial charge on any atom is 0.340 e. The van der Waals surface area contributed by atoms with E-state index in [4.69, 9.17) is 10.5 Å². The van der Waals surface area contributed by atoms with Crippen LogP contribution >= 0.6 is 0 Å². The Morgan fingerprint density at radius 1 is 1.03 bits per heavy atom. The Hall–Kier alpha value is -4.14. The molecular formula is C22H22N4O5. The molecule has 0 aliphatic rings. The summed E-state index contributed by atoms with van der Waals surface area (Å²) < 4.78 is 7.06. The molecule has 0 saturated carbocycles. The maximum absolute atomic E-state index is 12.7. The lowest BCUT2D eigenvalue weighted by molar-refractivity contribution is 0.0475. The number of esters is 1. The first-order valence-electron chi connectivity index (χ1n) is 9.45. The Kier molecular flexibility index (Phi) is 6.35. The predicted molar refractivity (Wildman–Crippen MR) is 117 cm³/mol. The van der Waals surface area contributed by atoms with Crippen molar-refractivity contribution in [3.05, 3.63) is 92.1 Å². The molecule has 9 nitrogen and oxygen atoms in total. The zero-order valence-corrected chi connectivity index (χ0v) is 17.1. The van der Waals surface area contributed by atoms with E-state index in [0.717, 1.165) is 14.7 Å². The quantitative estimate of drug-likeness (QED) is 0.434. The van der Waals surface area contributed by atoms with Crippen LogP contribution in [-0.4, -0.2) is 34.5 Å². The molecule has 0 spiro atoms. The minimum Gasteiger partial charge on any atom is -0.454 e. The number of nitrogens with zero attached hydrogens (tertiary/aromatic N) is 2. The summed E-state index contributed by atoms with van der Waals surface area (Å²) in [5, 5.41) is 2.86. The lowest BCUT2D eigenvalue weighted by atomic mass is 10.1. The molecule has 31 heavy (non-hydrogen) atoms. The molecule has 0 unspecified atom stereocenters. The number of hydrogen-bond donors (Lipinski definition) is 2. The van der Waals surface area contributed by atoms with Gasteiger partial charge in [0.15, 0.2) is 6.61 Å². The number of nitrogen functional groups attached to an aromatic ring is 1. The monoisotopic (exact) mass is 422 g/mol. The van der Waals surface area contributed by atoms with Crippen molar-refractivity contribution in [2.75, 3.05) is 24.7 Å². The maximum atomic E-state index is 12.7. The van der Waals surface area contributed by atoms with Crippen LogP contribution in [0, 0.1) is 0 Å². The largest absolute Gasteiger partial charge is 0.454 e. The van der Waals surface area contributed by atoms with E-state index in [2.05, 4.69) is 5.32 Å². The number of nitrogens with one attached hydrogen (secondary N) is 1. The van der Waals surface area contributed by atoms with E-state index in [1.807, 2.05) is 6.07 Å². The number of ketones is 1. The van der Waals surface area contributed by atoms with E-state index in [0.29, 0.717) is 5.69 Å². The summed E-state index contributed by atoms with van der Waals surface area (Å²) >= 11 is 0. The summed E-state index contributed by atoms with van der Waals surface area (Å²) in [6.07, 6.45) is 0. The van der Waals surface area contributed by atoms with Gasteiger partial charge in [0.05, 0.1) is 12.1 Å². The van der Waals surface area contributed by atoms with Crippen molar-refractivity contribution in [3.8, 4) is 0 Å². The highest BCUT2D eigenvalue weighted by Gasteiger charge is 2.23. The lowest BCUT2D eigenvalue weighted by Crippen LogP contribution is -2.43. The number of hydrogen-bond acceptors (Lipinski definition) is 7. The molecule has 0 saturated heterocycles. The molecule has 0 aliphatic heterocycles. The Bertz CT molecular complexity index is 1240. The first kappa shape index (κ1) is 21.6. The van der Waals surface area contributed by atoms with Crippen molar-refractivity contribution >= 4 is 23.3 Å². The molecule has 0 aliphatic carbocycles. The number of aromatic nitrogens is 2. The van der Waals surface area contributed by atoms with E-state index in [1.54, 1.807) is 55.6 Å². The van der Waals surface area contributed by atoms with Gasteiger partial charge < -0.3 is 15.8 Å². The van der Waals surface area contributed by atoms with Gasteiger partial charge in [0.2, 0.25) is 5.78 Å². The molecule has 3 rings (SSSR count). The summed E-state index contributed by atoms with van der Waals surface area (Å²) in [5.41, 5.74) is 5.70. The SMILES string of the molecule is CNc1ccccc1C(=O)OCC(=O)c1c(N)n(Cc2ccccc2)c(=O)n(C)c1=O. The number of nitrogens with two attached hydrogens (primary N) is 1. The van der Waals surface area contributed by atoms with Crippen molar-refractivity contribution in [1.82, 2.24) is 9.13 Å². The van der Waals surface area contributed by atoms with Gasteiger partial charge in [-0.25, -0.2) is 9.59 Å². The average molecular weight is 422 g/mol. The van der Waals surface area contributed by atoms with Crippen molar-refractivity contribution in [2.24, 2.45) is 7.05 Å². The van der Waals surface area contributed by atoms with Gasteiger partial charge in [-0.1, -0.05) is 42.5 Å². The van der Waals surface area contributed by atoms with Crippen LogP contribution in [-0.2, 0) is 18.3 Å². The van der Waals surface area contributed by atoms with Gasteiger partial charge in [-0.3, -0.25) is 18.7 Å².